The summed E-state index contributed by atoms with van der Waals surface area (Å²) in [6.45, 7) is 0. The number of hydrogen-bond donors (Lipinski definition) is 2. The molecule has 0 aliphatic rings. The van der Waals surface area contributed by atoms with Gasteiger partial charge in [0.15, 0.2) is 0 Å². The maximum absolute atomic E-state index is 11.4. The van der Waals surface area contributed by atoms with Crippen LogP contribution in [0.2, 0.25) is 0 Å². The van der Waals surface area contributed by atoms with Gasteiger partial charge in [-0.2, -0.15) is 10.5 Å². The minimum Gasteiger partial charge on any atom is -0.478 e. The second-order valence-corrected chi connectivity index (χ2v) is 4.29. The standard InChI is InChI=1S/C16H8N2O4/c17-7-9-3-1-5-11(13(9)15(19)20)12-6-2-4-10(8-18)14(12)16(21)22/h1-6H,(H,19,20)(H,21,22). The second-order valence-electron chi connectivity index (χ2n) is 4.29. The fraction of sp³-hybridized carbons (Fsp3) is 0. The molecule has 2 N–H and O–H groups in total. The molecule has 0 unspecified atom stereocenters. The van der Waals surface area contributed by atoms with E-state index < -0.39 is 11.9 Å². The Hall–Kier alpha value is -3.64. The van der Waals surface area contributed by atoms with Crippen molar-refractivity contribution in [3.63, 3.8) is 0 Å². The van der Waals surface area contributed by atoms with Crippen molar-refractivity contribution in [2.45, 2.75) is 0 Å². The van der Waals surface area contributed by atoms with Gasteiger partial charge >= 0.3 is 11.9 Å². The maximum Gasteiger partial charge on any atom is 0.337 e. The molecule has 22 heavy (non-hydrogen) atoms. The molecule has 2 rings (SSSR count). The van der Waals surface area contributed by atoms with Crippen LogP contribution in [-0.2, 0) is 0 Å². The van der Waals surface area contributed by atoms with Gasteiger partial charge < -0.3 is 10.2 Å². The predicted molar refractivity (Wildman–Crippen MR) is 75.2 cm³/mol. The van der Waals surface area contributed by atoms with E-state index in [-0.39, 0.29) is 33.4 Å². The Morgan fingerprint density at radius 1 is 0.773 bits per heavy atom. The van der Waals surface area contributed by atoms with E-state index >= 15 is 0 Å². The zero-order chi connectivity index (χ0) is 16.3. The highest BCUT2D eigenvalue weighted by Crippen LogP contribution is 2.31. The first-order valence-corrected chi connectivity index (χ1v) is 6.04. The van der Waals surface area contributed by atoms with E-state index in [4.69, 9.17) is 10.5 Å². The summed E-state index contributed by atoms with van der Waals surface area (Å²) >= 11 is 0. The first-order chi connectivity index (χ1) is 10.5. The molecule has 0 radical (unpaired) electrons. The number of hydrogen-bond acceptors (Lipinski definition) is 4. The first kappa shape index (κ1) is 14.8. The van der Waals surface area contributed by atoms with Crippen molar-refractivity contribution in [2.24, 2.45) is 0 Å². The van der Waals surface area contributed by atoms with Crippen LogP contribution in [0.25, 0.3) is 11.1 Å². The number of aromatic carboxylic acids is 2. The van der Waals surface area contributed by atoms with Crippen molar-refractivity contribution in [3.05, 3.63) is 58.7 Å². The average molecular weight is 292 g/mol. The number of carboxylic acid groups (broad SMARTS) is 2. The van der Waals surface area contributed by atoms with Gasteiger partial charge in [0.25, 0.3) is 0 Å². The number of benzene rings is 2. The molecular formula is C16H8N2O4. The largest absolute Gasteiger partial charge is 0.478 e. The Morgan fingerprint density at radius 3 is 1.41 bits per heavy atom. The Bertz CT molecular complexity index is 799. The summed E-state index contributed by atoms with van der Waals surface area (Å²) in [5, 5.41) is 36.7. The zero-order valence-corrected chi connectivity index (χ0v) is 11.1. The lowest BCUT2D eigenvalue weighted by Gasteiger charge is -2.11. The normalized spacial score (nSPS) is 9.55. The minimum absolute atomic E-state index is 0.0799. The molecule has 0 aliphatic heterocycles. The fourth-order valence-corrected chi connectivity index (χ4v) is 2.20. The van der Waals surface area contributed by atoms with Crippen molar-refractivity contribution < 1.29 is 19.8 Å². The molecule has 106 valence electrons. The number of rotatable bonds is 3. The van der Waals surface area contributed by atoms with E-state index in [1.165, 1.54) is 36.4 Å². The molecule has 2 aromatic carbocycles. The van der Waals surface area contributed by atoms with Crippen molar-refractivity contribution in [3.8, 4) is 23.3 Å². The molecule has 0 fully saturated rings. The van der Waals surface area contributed by atoms with Crippen LogP contribution >= 0.6 is 0 Å². The van der Waals surface area contributed by atoms with Gasteiger partial charge in [0.05, 0.1) is 22.3 Å². The molecular weight excluding hydrogens is 284 g/mol. The number of nitrogens with zero attached hydrogens (tertiary/aromatic N) is 2. The fourth-order valence-electron chi connectivity index (χ4n) is 2.20. The Balaban J connectivity index is 2.91. The third-order valence-corrected chi connectivity index (χ3v) is 3.09. The molecule has 0 saturated heterocycles. The summed E-state index contributed by atoms with van der Waals surface area (Å²) in [7, 11) is 0. The highest BCUT2D eigenvalue weighted by atomic mass is 16.4. The van der Waals surface area contributed by atoms with Gasteiger partial charge in [0.1, 0.15) is 12.1 Å². The molecule has 0 spiro atoms. The molecule has 6 nitrogen and oxygen atoms in total. The summed E-state index contributed by atoms with van der Waals surface area (Å²) in [4.78, 5) is 22.9. The number of carboxylic acids is 2. The van der Waals surface area contributed by atoms with Gasteiger partial charge in [0, 0.05) is 0 Å². The Labute approximate surface area is 125 Å². The summed E-state index contributed by atoms with van der Waals surface area (Å²) in [5.41, 5.74) is -0.570. The van der Waals surface area contributed by atoms with Crippen molar-refractivity contribution >= 4 is 11.9 Å². The summed E-state index contributed by atoms with van der Waals surface area (Å²) in [6, 6.07) is 12.0. The number of nitriles is 2. The molecule has 0 atom stereocenters. The molecule has 0 amide bonds. The minimum atomic E-state index is -1.34. The zero-order valence-electron chi connectivity index (χ0n) is 11.1. The third kappa shape index (κ3) is 2.37. The summed E-state index contributed by atoms with van der Waals surface area (Å²) < 4.78 is 0. The van der Waals surface area contributed by atoms with E-state index in [0.29, 0.717) is 0 Å². The monoisotopic (exact) mass is 292 g/mol. The van der Waals surface area contributed by atoms with Crippen LogP contribution in [0.5, 0.6) is 0 Å². The molecule has 0 bridgehead atoms. The Kier molecular flexibility index (Phi) is 3.88. The molecule has 0 aromatic heterocycles. The quantitative estimate of drug-likeness (QED) is 0.896. The SMILES string of the molecule is N#Cc1cccc(-c2cccc(C#N)c2C(=O)O)c1C(=O)O. The van der Waals surface area contributed by atoms with Gasteiger partial charge in [-0.25, -0.2) is 9.59 Å². The second kappa shape index (κ2) is 5.78. The molecule has 6 heteroatoms. The maximum atomic E-state index is 11.4. The van der Waals surface area contributed by atoms with Crippen molar-refractivity contribution in [1.82, 2.24) is 0 Å². The molecule has 0 heterocycles. The van der Waals surface area contributed by atoms with Gasteiger partial charge in [-0.05, 0) is 23.3 Å². The Morgan fingerprint density at radius 2 is 1.14 bits per heavy atom. The highest BCUT2D eigenvalue weighted by Gasteiger charge is 2.22. The van der Waals surface area contributed by atoms with E-state index in [9.17, 15) is 19.8 Å². The lowest BCUT2D eigenvalue weighted by Crippen LogP contribution is -2.08. The average Bonchev–Trinajstić information content (AvgIpc) is 2.52. The van der Waals surface area contributed by atoms with E-state index in [1.54, 1.807) is 12.1 Å². The lowest BCUT2D eigenvalue weighted by molar-refractivity contribution is 0.0684. The van der Waals surface area contributed by atoms with Crippen LogP contribution in [0.15, 0.2) is 36.4 Å². The van der Waals surface area contributed by atoms with Gasteiger partial charge in [-0.1, -0.05) is 24.3 Å². The van der Waals surface area contributed by atoms with Crippen LogP contribution in [0.4, 0.5) is 0 Å². The summed E-state index contributed by atoms with van der Waals surface area (Å²) in [6.07, 6.45) is 0. The van der Waals surface area contributed by atoms with Gasteiger partial charge in [-0.15, -0.1) is 0 Å². The van der Waals surface area contributed by atoms with Gasteiger partial charge in [-0.3, -0.25) is 0 Å². The molecule has 2 aromatic rings. The van der Waals surface area contributed by atoms with Crippen molar-refractivity contribution in [1.29, 1.82) is 10.5 Å². The van der Waals surface area contributed by atoms with Crippen LogP contribution in [-0.4, -0.2) is 22.2 Å². The van der Waals surface area contributed by atoms with Crippen LogP contribution < -0.4 is 0 Å². The van der Waals surface area contributed by atoms with E-state index in [0.717, 1.165) is 0 Å². The first-order valence-electron chi connectivity index (χ1n) is 6.04. The number of carbonyl (C=O) groups is 2. The van der Waals surface area contributed by atoms with Crippen LogP contribution in [0.3, 0.4) is 0 Å². The predicted octanol–water partition coefficient (Wildman–Crippen LogP) is 2.49. The molecule has 0 saturated carbocycles. The smallest absolute Gasteiger partial charge is 0.337 e. The van der Waals surface area contributed by atoms with Crippen LogP contribution in [0.1, 0.15) is 31.8 Å². The highest BCUT2D eigenvalue weighted by molar-refractivity contribution is 6.04. The van der Waals surface area contributed by atoms with Crippen molar-refractivity contribution in [2.75, 3.05) is 0 Å². The van der Waals surface area contributed by atoms with Gasteiger partial charge in [0.2, 0.25) is 0 Å². The van der Waals surface area contributed by atoms with Crippen LogP contribution in [0, 0.1) is 22.7 Å². The third-order valence-electron chi connectivity index (χ3n) is 3.09. The van der Waals surface area contributed by atoms with E-state index in [1.807, 2.05) is 0 Å². The van der Waals surface area contributed by atoms with E-state index in [2.05, 4.69) is 0 Å². The lowest BCUT2D eigenvalue weighted by atomic mass is 9.90. The topological polar surface area (TPSA) is 122 Å². The molecule has 0 aliphatic carbocycles. The summed E-state index contributed by atoms with van der Waals surface area (Å²) in [5.74, 6) is -2.68.